The normalized spacial score (nSPS) is 10.8. The summed E-state index contributed by atoms with van der Waals surface area (Å²) in [6.07, 6.45) is -2.72. The third kappa shape index (κ3) is 2.19. The molecule has 0 atom stereocenters. The van der Waals surface area contributed by atoms with Gasteiger partial charge in [-0.25, -0.2) is 13.8 Å². The van der Waals surface area contributed by atoms with Gasteiger partial charge in [-0.2, -0.15) is 0 Å². The van der Waals surface area contributed by atoms with Crippen molar-refractivity contribution in [2.75, 3.05) is 0 Å². The molecule has 0 aliphatic rings. The Bertz CT molecular complexity index is 320. The third-order valence-corrected chi connectivity index (χ3v) is 1.96. The molecule has 1 aromatic heterocycles. The van der Waals surface area contributed by atoms with Crippen LogP contribution in [0.25, 0.3) is 0 Å². The predicted octanol–water partition coefficient (Wildman–Crippen LogP) is 3.12. The number of halogens is 4. The first-order valence-electron chi connectivity index (χ1n) is 3.28. The van der Waals surface area contributed by atoms with Gasteiger partial charge in [-0.05, 0) is 6.07 Å². The van der Waals surface area contributed by atoms with E-state index in [9.17, 15) is 8.78 Å². The zero-order valence-corrected chi connectivity index (χ0v) is 7.78. The summed E-state index contributed by atoms with van der Waals surface area (Å²) in [6, 6.07) is 0.873. The molecule has 0 spiro atoms. The van der Waals surface area contributed by atoms with E-state index in [0.29, 0.717) is 0 Å². The Kier molecular flexibility index (Phi) is 3.27. The highest BCUT2D eigenvalue weighted by molar-refractivity contribution is 6.30. The van der Waals surface area contributed by atoms with Crippen molar-refractivity contribution in [3.8, 4) is 5.75 Å². The zero-order valence-electron chi connectivity index (χ0n) is 6.27. The van der Waals surface area contributed by atoms with E-state index in [-0.39, 0.29) is 16.7 Å². The zero-order chi connectivity index (χ0) is 10.0. The summed E-state index contributed by atoms with van der Waals surface area (Å²) in [6.45, 7) is 0. The summed E-state index contributed by atoms with van der Waals surface area (Å²) >= 11 is 10.8. The summed E-state index contributed by atoms with van der Waals surface area (Å²) in [4.78, 5) is 3.52. The van der Waals surface area contributed by atoms with E-state index in [1.54, 1.807) is 0 Å². The Hall–Kier alpha value is -0.610. The lowest BCUT2D eigenvalue weighted by Gasteiger charge is -2.06. The van der Waals surface area contributed by atoms with Crippen molar-refractivity contribution in [2.24, 2.45) is 0 Å². The number of hydrogen-bond acceptors (Lipinski definition) is 2. The maximum absolute atomic E-state index is 12.3. The minimum absolute atomic E-state index is 0.0144. The molecule has 1 heterocycles. The van der Waals surface area contributed by atoms with Gasteiger partial charge in [0, 0.05) is 5.56 Å². The maximum atomic E-state index is 12.3. The molecule has 0 fully saturated rings. The van der Waals surface area contributed by atoms with Gasteiger partial charge in [-0.3, -0.25) is 0 Å². The molecule has 0 radical (unpaired) electrons. The Morgan fingerprint density at radius 2 is 2.15 bits per heavy atom. The van der Waals surface area contributed by atoms with Crippen molar-refractivity contribution < 1.29 is 13.9 Å². The lowest BCUT2D eigenvalue weighted by atomic mass is 10.2. The minimum atomic E-state index is -2.72. The van der Waals surface area contributed by atoms with E-state index in [1.807, 2.05) is 0 Å². The van der Waals surface area contributed by atoms with Gasteiger partial charge < -0.3 is 5.11 Å². The molecule has 13 heavy (non-hydrogen) atoms. The Morgan fingerprint density at radius 1 is 1.54 bits per heavy atom. The van der Waals surface area contributed by atoms with Crippen LogP contribution in [0.1, 0.15) is 17.7 Å². The molecule has 0 aliphatic heterocycles. The molecular formula is C7H5Cl2F2NO. The van der Waals surface area contributed by atoms with E-state index < -0.39 is 17.7 Å². The third-order valence-electron chi connectivity index (χ3n) is 1.43. The Balaban J connectivity index is 3.25. The van der Waals surface area contributed by atoms with Gasteiger partial charge in [-0.1, -0.05) is 11.6 Å². The van der Waals surface area contributed by atoms with Gasteiger partial charge in [-0.15, -0.1) is 11.6 Å². The number of nitrogens with zero attached hydrogens (tertiary/aromatic N) is 1. The highest BCUT2D eigenvalue weighted by Crippen LogP contribution is 2.30. The summed E-state index contributed by atoms with van der Waals surface area (Å²) < 4.78 is 24.5. The Morgan fingerprint density at radius 3 is 2.62 bits per heavy atom. The van der Waals surface area contributed by atoms with Crippen molar-refractivity contribution in [3.05, 3.63) is 22.5 Å². The van der Waals surface area contributed by atoms with Crippen molar-refractivity contribution in [2.45, 2.75) is 12.3 Å². The molecule has 6 heteroatoms. The first-order valence-corrected chi connectivity index (χ1v) is 4.20. The number of aromatic nitrogens is 1. The lowest BCUT2D eigenvalue weighted by Crippen LogP contribution is -1.96. The molecule has 1 rings (SSSR count). The second kappa shape index (κ2) is 4.07. The average molecular weight is 228 g/mol. The standard InChI is InChI=1S/C7H5Cl2F2NO/c8-2-4-3(7(10)11)1-5(13)6(9)12-4/h1,7,13H,2H2. The molecule has 0 amide bonds. The largest absolute Gasteiger partial charge is 0.505 e. The van der Waals surface area contributed by atoms with E-state index in [1.165, 1.54) is 0 Å². The van der Waals surface area contributed by atoms with Gasteiger partial charge in [0.1, 0.15) is 0 Å². The summed E-state index contributed by atoms with van der Waals surface area (Å²) in [5.74, 6) is -0.634. The molecule has 2 nitrogen and oxygen atoms in total. The molecule has 72 valence electrons. The van der Waals surface area contributed by atoms with Crippen LogP contribution in [-0.2, 0) is 5.88 Å². The van der Waals surface area contributed by atoms with Crippen LogP contribution in [0.5, 0.6) is 5.75 Å². The van der Waals surface area contributed by atoms with Crippen LogP contribution >= 0.6 is 23.2 Å². The van der Waals surface area contributed by atoms with Crippen molar-refractivity contribution in [3.63, 3.8) is 0 Å². The van der Waals surface area contributed by atoms with Crippen LogP contribution in [0.4, 0.5) is 8.78 Å². The molecular weight excluding hydrogens is 223 g/mol. The van der Waals surface area contributed by atoms with E-state index in [0.717, 1.165) is 6.07 Å². The van der Waals surface area contributed by atoms with Crippen LogP contribution in [0.2, 0.25) is 5.15 Å². The number of hydrogen-bond donors (Lipinski definition) is 1. The molecule has 0 aliphatic carbocycles. The topological polar surface area (TPSA) is 33.1 Å². The predicted molar refractivity (Wildman–Crippen MR) is 45.4 cm³/mol. The first-order chi connectivity index (χ1) is 6.06. The fourth-order valence-electron chi connectivity index (χ4n) is 0.826. The number of aromatic hydroxyl groups is 1. The van der Waals surface area contributed by atoms with Gasteiger partial charge in [0.15, 0.2) is 10.9 Å². The van der Waals surface area contributed by atoms with Crippen LogP contribution in [0.3, 0.4) is 0 Å². The fourth-order valence-corrected chi connectivity index (χ4v) is 1.20. The quantitative estimate of drug-likeness (QED) is 0.623. The van der Waals surface area contributed by atoms with Gasteiger partial charge >= 0.3 is 0 Å². The average Bonchev–Trinajstić information content (AvgIpc) is 2.08. The van der Waals surface area contributed by atoms with Crippen molar-refractivity contribution in [1.29, 1.82) is 0 Å². The van der Waals surface area contributed by atoms with E-state index >= 15 is 0 Å². The highest BCUT2D eigenvalue weighted by atomic mass is 35.5. The second-order valence-electron chi connectivity index (χ2n) is 2.27. The molecule has 0 bridgehead atoms. The van der Waals surface area contributed by atoms with Crippen LogP contribution in [0.15, 0.2) is 6.07 Å². The maximum Gasteiger partial charge on any atom is 0.265 e. The van der Waals surface area contributed by atoms with Crippen molar-refractivity contribution >= 4 is 23.2 Å². The lowest BCUT2D eigenvalue weighted by molar-refractivity contribution is 0.149. The van der Waals surface area contributed by atoms with Gasteiger partial charge in [0.05, 0.1) is 11.6 Å². The number of alkyl halides is 3. The van der Waals surface area contributed by atoms with Crippen LogP contribution in [0, 0.1) is 0 Å². The molecule has 0 saturated carbocycles. The van der Waals surface area contributed by atoms with Crippen LogP contribution < -0.4 is 0 Å². The second-order valence-corrected chi connectivity index (χ2v) is 2.89. The summed E-state index contributed by atoms with van der Waals surface area (Å²) in [5, 5.41) is 8.78. The Labute approximate surface area is 83.1 Å². The molecule has 1 N–H and O–H groups in total. The van der Waals surface area contributed by atoms with E-state index in [2.05, 4.69) is 4.98 Å². The van der Waals surface area contributed by atoms with Crippen LogP contribution in [-0.4, -0.2) is 10.1 Å². The number of pyridine rings is 1. The monoisotopic (exact) mass is 227 g/mol. The number of rotatable bonds is 2. The molecule has 0 unspecified atom stereocenters. The molecule has 1 aromatic rings. The van der Waals surface area contributed by atoms with Gasteiger partial charge in [0.25, 0.3) is 6.43 Å². The smallest absolute Gasteiger partial charge is 0.265 e. The SMILES string of the molecule is Oc1cc(C(F)F)c(CCl)nc1Cl. The minimum Gasteiger partial charge on any atom is -0.505 e. The van der Waals surface area contributed by atoms with Gasteiger partial charge in [0.2, 0.25) is 0 Å². The molecule has 0 saturated heterocycles. The highest BCUT2D eigenvalue weighted by Gasteiger charge is 2.16. The fraction of sp³-hybridized carbons (Fsp3) is 0.286. The summed E-state index contributed by atoms with van der Waals surface area (Å²) in [7, 11) is 0. The first kappa shape index (κ1) is 10.5. The van der Waals surface area contributed by atoms with E-state index in [4.69, 9.17) is 28.3 Å². The summed E-state index contributed by atoms with van der Waals surface area (Å²) in [5.41, 5.74) is -0.406. The van der Waals surface area contributed by atoms with Crippen molar-refractivity contribution in [1.82, 2.24) is 4.98 Å². The molecule has 0 aromatic carbocycles.